The first-order valence-corrected chi connectivity index (χ1v) is 6.93. The van der Waals surface area contributed by atoms with Crippen LogP contribution in [-0.4, -0.2) is 17.6 Å². The van der Waals surface area contributed by atoms with Gasteiger partial charge >= 0.3 is 0 Å². The highest BCUT2D eigenvalue weighted by molar-refractivity contribution is 6.07. The number of anilines is 1. The highest BCUT2D eigenvalue weighted by Gasteiger charge is 2.29. The zero-order valence-corrected chi connectivity index (χ0v) is 11.7. The normalized spacial score (nSPS) is 17.5. The molecule has 2 aromatic carbocycles. The molecule has 4 heteroatoms. The molecule has 108 valence electrons. The lowest BCUT2D eigenvalue weighted by Gasteiger charge is -2.32. The molecule has 0 bridgehead atoms. The molecular weight excluding hydrogens is 269 g/mol. The molecule has 1 aliphatic heterocycles. The van der Waals surface area contributed by atoms with Crippen molar-refractivity contribution in [2.24, 2.45) is 0 Å². The van der Waals surface area contributed by atoms with E-state index in [0.717, 1.165) is 5.56 Å². The van der Waals surface area contributed by atoms with Crippen LogP contribution in [0, 0.1) is 12.7 Å². The Morgan fingerprint density at radius 1 is 1.29 bits per heavy atom. The second kappa shape index (κ2) is 5.30. The zero-order chi connectivity index (χ0) is 15.0. The van der Waals surface area contributed by atoms with Crippen molar-refractivity contribution in [1.29, 1.82) is 0 Å². The van der Waals surface area contributed by atoms with Crippen LogP contribution in [0.1, 0.15) is 34.0 Å². The van der Waals surface area contributed by atoms with Crippen LogP contribution in [0.3, 0.4) is 0 Å². The first-order chi connectivity index (χ1) is 10.1. The molecule has 1 unspecified atom stereocenters. The topological polar surface area (TPSA) is 40.5 Å². The van der Waals surface area contributed by atoms with E-state index in [9.17, 15) is 14.3 Å². The fraction of sp³-hybridized carbons (Fsp3) is 0.235. The van der Waals surface area contributed by atoms with Crippen molar-refractivity contribution < 1.29 is 14.3 Å². The Morgan fingerprint density at radius 3 is 2.81 bits per heavy atom. The van der Waals surface area contributed by atoms with E-state index < -0.39 is 11.9 Å². The number of fused-ring (bicyclic) bond motifs is 1. The molecule has 3 nitrogen and oxygen atoms in total. The first kappa shape index (κ1) is 13.8. The van der Waals surface area contributed by atoms with Gasteiger partial charge in [0.25, 0.3) is 5.91 Å². The van der Waals surface area contributed by atoms with E-state index >= 15 is 0 Å². The minimum absolute atomic E-state index is 0.0618. The number of halogens is 1. The van der Waals surface area contributed by atoms with Crippen molar-refractivity contribution in [3.05, 3.63) is 65.0 Å². The Morgan fingerprint density at radius 2 is 2.05 bits per heavy atom. The van der Waals surface area contributed by atoms with E-state index in [1.165, 1.54) is 17.0 Å². The molecule has 21 heavy (non-hydrogen) atoms. The Balaban J connectivity index is 2.01. The number of carbonyl (C=O) groups excluding carboxylic acids is 1. The minimum Gasteiger partial charge on any atom is -0.388 e. The number of hydrogen-bond donors (Lipinski definition) is 1. The number of benzene rings is 2. The van der Waals surface area contributed by atoms with Crippen LogP contribution in [0.4, 0.5) is 10.1 Å². The summed E-state index contributed by atoms with van der Waals surface area (Å²) in [5.41, 5.74) is 2.20. The molecule has 2 aromatic rings. The van der Waals surface area contributed by atoms with E-state index in [1.54, 1.807) is 25.1 Å². The predicted octanol–water partition coefficient (Wildman–Crippen LogP) is 3.22. The van der Waals surface area contributed by atoms with Gasteiger partial charge in [0.15, 0.2) is 0 Å². The summed E-state index contributed by atoms with van der Waals surface area (Å²) in [7, 11) is 0. The summed E-state index contributed by atoms with van der Waals surface area (Å²) in [5.74, 6) is -0.879. The van der Waals surface area contributed by atoms with Gasteiger partial charge in [0.1, 0.15) is 5.82 Å². The predicted molar refractivity (Wildman–Crippen MR) is 78.8 cm³/mol. The minimum atomic E-state index is -0.576. The largest absolute Gasteiger partial charge is 0.388 e. The van der Waals surface area contributed by atoms with Gasteiger partial charge in [-0.1, -0.05) is 24.3 Å². The van der Waals surface area contributed by atoms with Gasteiger partial charge in [0, 0.05) is 17.8 Å². The smallest absolute Gasteiger partial charge is 0.261 e. The van der Waals surface area contributed by atoms with Crippen LogP contribution in [0.2, 0.25) is 0 Å². The van der Waals surface area contributed by atoms with E-state index in [-0.39, 0.29) is 11.5 Å². The van der Waals surface area contributed by atoms with E-state index in [2.05, 4.69) is 0 Å². The second-order valence-corrected chi connectivity index (χ2v) is 5.30. The molecule has 3 rings (SSSR count). The highest BCUT2D eigenvalue weighted by atomic mass is 19.1. The van der Waals surface area contributed by atoms with E-state index in [0.29, 0.717) is 24.2 Å². The fourth-order valence-corrected chi connectivity index (χ4v) is 2.69. The van der Waals surface area contributed by atoms with Crippen LogP contribution in [-0.2, 0) is 0 Å². The summed E-state index contributed by atoms with van der Waals surface area (Å²) in [6, 6.07) is 11.8. The van der Waals surface area contributed by atoms with Gasteiger partial charge in [0.05, 0.1) is 11.7 Å². The van der Waals surface area contributed by atoms with Crippen molar-refractivity contribution in [1.82, 2.24) is 0 Å². The van der Waals surface area contributed by atoms with Gasteiger partial charge in [0.2, 0.25) is 0 Å². The molecule has 0 saturated heterocycles. The summed E-state index contributed by atoms with van der Waals surface area (Å²) in [6.45, 7) is 2.16. The quantitative estimate of drug-likeness (QED) is 0.874. The number of hydrogen-bond acceptors (Lipinski definition) is 2. The van der Waals surface area contributed by atoms with E-state index in [1.807, 2.05) is 12.1 Å². The standard InChI is InChI=1S/C17H16FNO2/c1-11-6-7-12(14(18)10-11)17(21)19-9-8-16(20)13-4-2-3-5-15(13)19/h2-7,10,16,20H,8-9H2,1H3. The summed E-state index contributed by atoms with van der Waals surface area (Å²) in [4.78, 5) is 14.1. The lowest BCUT2D eigenvalue weighted by molar-refractivity contribution is 0.0967. The summed E-state index contributed by atoms with van der Waals surface area (Å²) in [6.07, 6.45) is -0.121. The molecule has 0 aromatic heterocycles. The summed E-state index contributed by atoms with van der Waals surface area (Å²) >= 11 is 0. The summed E-state index contributed by atoms with van der Waals surface area (Å²) < 4.78 is 14.0. The van der Waals surface area contributed by atoms with Gasteiger partial charge in [-0.05, 0) is 37.1 Å². The van der Waals surface area contributed by atoms with Crippen molar-refractivity contribution in [3.63, 3.8) is 0 Å². The maximum absolute atomic E-state index is 14.0. The van der Waals surface area contributed by atoms with Crippen molar-refractivity contribution in [2.45, 2.75) is 19.4 Å². The van der Waals surface area contributed by atoms with Crippen LogP contribution in [0.25, 0.3) is 0 Å². The third-order valence-electron chi connectivity index (χ3n) is 3.81. The molecule has 0 saturated carbocycles. The fourth-order valence-electron chi connectivity index (χ4n) is 2.69. The van der Waals surface area contributed by atoms with Gasteiger partial charge in [-0.15, -0.1) is 0 Å². The molecule has 0 radical (unpaired) electrons. The molecular formula is C17H16FNO2. The lowest BCUT2D eigenvalue weighted by Crippen LogP contribution is -2.37. The Bertz CT molecular complexity index is 699. The maximum atomic E-state index is 14.0. The molecule has 1 heterocycles. The third kappa shape index (κ3) is 2.43. The number of amides is 1. The van der Waals surface area contributed by atoms with Crippen LogP contribution in [0.5, 0.6) is 0 Å². The van der Waals surface area contributed by atoms with E-state index in [4.69, 9.17) is 0 Å². The number of aliphatic hydroxyl groups excluding tert-OH is 1. The Hall–Kier alpha value is -2.20. The highest BCUT2D eigenvalue weighted by Crippen LogP contribution is 2.34. The third-order valence-corrected chi connectivity index (χ3v) is 3.81. The number of rotatable bonds is 1. The number of carbonyl (C=O) groups is 1. The number of aryl methyl sites for hydroxylation is 1. The number of aliphatic hydroxyl groups is 1. The number of para-hydroxylation sites is 1. The second-order valence-electron chi connectivity index (χ2n) is 5.30. The molecule has 1 atom stereocenters. The molecule has 1 aliphatic rings. The molecule has 1 amide bonds. The number of nitrogens with zero attached hydrogens (tertiary/aromatic N) is 1. The average Bonchev–Trinajstić information content (AvgIpc) is 2.47. The van der Waals surface area contributed by atoms with Crippen molar-refractivity contribution in [2.75, 3.05) is 11.4 Å². The first-order valence-electron chi connectivity index (χ1n) is 6.93. The van der Waals surface area contributed by atoms with Crippen LogP contribution >= 0.6 is 0 Å². The Kier molecular flexibility index (Phi) is 3.47. The maximum Gasteiger partial charge on any atom is 0.261 e. The van der Waals surface area contributed by atoms with Crippen LogP contribution in [0.15, 0.2) is 42.5 Å². The van der Waals surface area contributed by atoms with Crippen molar-refractivity contribution in [3.8, 4) is 0 Å². The molecule has 0 spiro atoms. The SMILES string of the molecule is Cc1ccc(C(=O)N2CCC(O)c3ccccc32)c(F)c1. The zero-order valence-electron chi connectivity index (χ0n) is 11.7. The Labute approximate surface area is 122 Å². The molecule has 0 fully saturated rings. The van der Waals surface area contributed by atoms with Crippen molar-refractivity contribution >= 4 is 11.6 Å². The van der Waals surface area contributed by atoms with Crippen LogP contribution < -0.4 is 4.90 Å². The summed E-state index contributed by atoms with van der Waals surface area (Å²) in [5, 5.41) is 10.0. The monoisotopic (exact) mass is 285 g/mol. The van der Waals surface area contributed by atoms with Gasteiger partial charge in [-0.2, -0.15) is 0 Å². The molecule has 0 aliphatic carbocycles. The van der Waals surface area contributed by atoms with Gasteiger partial charge < -0.3 is 10.0 Å². The lowest BCUT2D eigenvalue weighted by atomic mass is 9.98. The van der Waals surface area contributed by atoms with Gasteiger partial charge in [-0.3, -0.25) is 4.79 Å². The average molecular weight is 285 g/mol. The molecule has 1 N–H and O–H groups in total. The van der Waals surface area contributed by atoms with Gasteiger partial charge in [-0.25, -0.2) is 4.39 Å².